The number of benzene rings is 2. The smallest absolute Gasteiger partial charge is 0.277 e. The molecule has 6 heteroatoms. The largest absolute Gasteiger partial charge is 0.484 e. The fourth-order valence-corrected chi connectivity index (χ4v) is 2.61. The van der Waals surface area contributed by atoms with Crippen molar-refractivity contribution in [2.45, 2.75) is 17.6 Å². The van der Waals surface area contributed by atoms with Crippen LogP contribution in [0, 0.1) is 0 Å². The first kappa shape index (κ1) is 14.9. The summed E-state index contributed by atoms with van der Waals surface area (Å²) in [6.45, 7) is 0.237. The molecule has 0 amide bonds. The van der Waals surface area contributed by atoms with Gasteiger partial charge in [0, 0.05) is 10.8 Å². The Bertz CT molecular complexity index is 717. The van der Waals surface area contributed by atoms with Gasteiger partial charge in [0.25, 0.3) is 11.1 Å². The second-order valence-corrected chi connectivity index (χ2v) is 5.84. The van der Waals surface area contributed by atoms with Gasteiger partial charge in [-0.15, -0.1) is 10.2 Å². The minimum atomic E-state index is 0.237. The Morgan fingerprint density at radius 1 is 1.00 bits per heavy atom. The Balaban J connectivity index is 1.51. The van der Waals surface area contributed by atoms with Crippen LogP contribution in [0.4, 0.5) is 0 Å². The van der Waals surface area contributed by atoms with Gasteiger partial charge >= 0.3 is 0 Å². The topological polar surface area (TPSA) is 48.2 Å². The van der Waals surface area contributed by atoms with E-state index in [1.807, 2.05) is 18.2 Å². The highest BCUT2D eigenvalue weighted by atomic mass is 35.5. The molecule has 112 valence electrons. The second-order valence-electron chi connectivity index (χ2n) is 4.48. The standard InChI is InChI=1S/C16H13ClN2O2S/c17-13-6-8-14(9-7-13)20-10-15-18-19-16(21-15)22-11-12-4-2-1-3-5-12/h1-9H,10-11H2. The van der Waals surface area contributed by atoms with Gasteiger partial charge in [0.15, 0.2) is 6.61 Å². The van der Waals surface area contributed by atoms with Crippen molar-refractivity contribution in [1.82, 2.24) is 10.2 Å². The molecule has 0 unspecified atom stereocenters. The quantitative estimate of drug-likeness (QED) is 0.618. The Labute approximate surface area is 137 Å². The summed E-state index contributed by atoms with van der Waals surface area (Å²) in [5.74, 6) is 1.95. The van der Waals surface area contributed by atoms with Crippen LogP contribution >= 0.6 is 23.4 Å². The van der Waals surface area contributed by atoms with E-state index < -0.39 is 0 Å². The van der Waals surface area contributed by atoms with E-state index in [1.54, 1.807) is 24.3 Å². The number of rotatable bonds is 6. The van der Waals surface area contributed by atoms with Crippen LogP contribution in [0.1, 0.15) is 11.5 Å². The Morgan fingerprint density at radius 2 is 1.77 bits per heavy atom. The van der Waals surface area contributed by atoms with Crippen molar-refractivity contribution in [3.05, 3.63) is 71.1 Å². The van der Waals surface area contributed by atoms with E-state index in [1.165, 1.54) is 17.3 Å². The van der Waals surface area contributed by atoms with Crippen LogP contribution < -0.4 is 4.74 Å². The van der Waals surface area contributed by atoms with Gasteiger partial charge in [-0.2, -0.15) is 0 Å². The molecule has 3 rings (SSSR count). The number of aromatic nitrogens is 2. The predicted molar refractivity (Wildman–Crippen MR) is 86.1 cm³/mol. The van der Waals surface area contributed by atoms with Crippen molar-refractivity contribution in [2.24, 2.45) is 0 Å². The van der Waals surface area contributed by atoms with E-state index in [2.05, 4.69) is 22.3 Å². The maximum absolute atomic E-state index is 5.82. The monoisotopic (exact) mass is 332 g/mol. The van der Waals surface area contributed by atoms with Crippen LogP contribution in [-0.2, 0) is 12.4 Å². The minimum Gasteiger partial charge on any atom is -0.484 e. The molecule has 1 heterocycles. The van der Waals surface area contributed by atoms with Crippen molar-refractivity contribution in [1.29, 1.82) is 0 Å². The van der Waals surface area contributed by atoms with Crippen LogP contribution in [0.2, 0.25) is 5.02 Å². The average Bonchev–Trinajstić information content (AvgIpc) is 3.01. The minimum absolute atomic E-state index is 0.237. The molecular weight excluding hydrogens is 320 g/mol. The third kappa shape index (κ3) is 4.26. The van der Waals surface area contributed by atoms with Crippen LogP contribution in [0.15, 0.2) is 64.2 Å². The highest BCUT2D eigenvalue weighted by molar-refractivity contribution is 7.98. The molecule has 0 bridgehead atoms. The van der Waals surface area contributed by atoms with Crippen molar-refractivity contribution < 1.29 is 9.15 Å². The van der Waals surface area contributed by atoms with Gasteiger partial charge in [0.2, 0.25) is 0 Å². The third-order valence-corrected chi connectivity index (χ3v) is 3.97. The molecular formula is C16H13ClN2O2S. The van der Waals surface area contributed by atoms with E-state index in [0.717, 1.165) is 5.75 Å². The average molecular weight is 333 g/mol. The molecule has 0 atom stereocenters. The maximum Gasteiger partial charge on any atom is 0.277 e. The molecule has 0 aliphatic heterocycles. The first-order valence-electron chi connectivity index (χ1n) is 6.67. The predicted octanol–water partition coefficient (Wildman–Crippen LogP) is 4.59. The van der Waals surface area contributed by atoms with Crippen LogP contribution in [0.25, 0.3) is 0 Å². The van der Waals surface area contributed by atoms with Gasteiger partial charge in [-0.1, -0.05) is 53.7 Å². The van der Waals surface area contributed by atoms with E-state index in [4.69, 9.17) is 20.8 Å². The Morgan fingerprint density at radius 3 is 2.55 bits per heavy atom. The normalized spacial score (nSPS) is 10.6. The first-order valence-corrected chi connectivity index (χ1v) is 8.03. The second kappa shape index (κ2) is 7.33. The van der Waals surface area contributed by atoms with Gasteiger partial charge in [-0.3, -0.25) is 0 Å². The fraction of sp³-hybridized carbons (Fsp3) is 0.125. The lowest BCUT2D eigenvalue weighted by molar-refractivity contribution is 0.252. The summed E-state index contributed by atoms with van der Waals surface area (Å²) in [5.41, 5.74) is 1.21. The summed E-state index contributed by atoms with van der Waals surface area (Å²) in [6, 6.07) is 17.3. The van der Waals surface area contributed by atoms with Gasteiger partial charge in [-0.25, -0.2) is 0 Å². The van der Waals surface area contributed by atoms with Gasteiger partial charge in [0.1, 0.15) is 5.75 Å². The van der Waals surface area contributed by atoms with Crippen LogP contribution in [-0.4, -0.2) is 10.2 Å². The zero-order valence-corrected chi connectivity index (χ0v) is 13.2. The maximum atomic E-state index is 5.82. The van der Waals surface area contributed by atoms with Gasteiger partial charge in [0.05, 0.1) is 0 Å². The Hall–Kier alpha value is -1.98. The Kier molecular flexibility index (Phi) is 4.98. The lowest BCUT2D eigenvalue weighted by Gasteiger charge is -2.02. The highest BCUT2D eigenvalue weighted by Crippen LogP contribution is 2.22. The van der Waals surface area contributed by atoms with E-state index in [9.17, 15) is 0 Å². The number of nitrogens with zero attached hydrogens (tertiary/aromatic N) is 2. The fourth-order valence-electron chi connectivity index (χ4n) is 1.75. The molecule has 0 radical (unpaired) electrons. The van der Waals surface area contributed by atoms with Crippen molar-refractivity contribution in [2.75, 3.05) is 0 Å². The molecule has 0 aliphatic carbocycles. The number of halogens is 1. The molecule has 4 nitrogen and oxygen atoms in total. The summed E-state index contributed by atoms with van der Waals surface area (Å²) >= 11 is 7.32. The number of hydrogen-bond donors (Lipinski definition) is 0. The van der Waals surface area contributed by atoms with Crippen molar-refractivity contribution >= 4 is 23.4 Å². The lowest BCUT2D eigenvalue weighted by atomic mass is 10.2. The van der Waals surface area contributed by atoms with Crippen LogP contribution in [0.3, 0.4) is 0 Å². The lowest BCUT2D eigenvalue weighted by Crippen LogP contribution is -1.95. The van der Waals surface area contributed by atoms with E-state index in [-0.39, 0.29) is 6.61 Å². The summed E-state index contributed by atoms with van der Waals surface area (Å²) in [4.78, 5) is 0. The molecule has 0 saturated heterocycles. The zero-order valence-electron chi connectivity index (χ0n) is 11.6. The molecule has 0 spiro atoms. The summed E-state index contributed by atoms with van der Waals surface area (Å²) < 4.78 is 11.1. The van der Waals surface area contributed by atoms with Crippen molar-refractivity contribution in [3.63, 3.8) is 0 Å². The van der Waals surface area contributed by atoms with Gasteiger partial charge in [-0.05, 0) is 29.8 Å². The zero-order chi connectivity index (χ0) is 15.2. The van der Waals surface area contributed by atoms with Crippen LogP contribution in [0.5, 0.6) is 5.75 Å². The summed E-state index contributed by atoms with van der Waals surface area (Å²) in [6.07, 6.45) is 0. The first-order chi connectivity index (χ1) is 10.8. The molecule has 0 N–H and O–H groups in total. The molecule has 22 heavy (non-hydrogen) atoms. The van der Waals surface area contributed by atoms with Gasteiger partial charge < -0.3 is 9.15 Å². The number of hydrogen-bond acceptors (Lipinski definition) is 5. The number of thioether (sulfide) groups is 1. The SMILES string of the molecule is Clc1ccc(OCc2nnc(SCc3ccccc3)o2)cc1. The summed E-state index contributed by atoms with van der Waals surface area (Å²) in [7, 11) is 0. The summed E-state index contributed by atoms with van der Waals surface area (Å²) in [5, 5.41) is 9.19. The molecule has 2 aromatic carbocycles. The number of ether oxygens (including phenoxy) is 1. The van der Waals surface area contributed by atoms with Crippen molar-refractivity contribution in [3.8, 4) is 5.75 Å². The highest BCUT2D eigenvalue weighted by Gasteiger charge is 2.07. The molecule has 1 aromatic heterocycles. The van der Waals surface area contributed by atoms with E-state index in [0.29, 0.717) is 21.9 Å². The van der Waals surface area contributed by atoms with E-state index >= 15 is 0 Å². The third-order valence-electron chi connectivity index (χ3n) is 2.83. The molecule has 0 saturated carbocycles. The molecule has 0 fully saturated rings. The molecule has 0 aliphatic rings. The molecule has 3 aromatic rings.